The van der Waals surface area contributed by atoms with Gasteiger partial charge >= 0.3 is 0 Å². The van der Waals surface area contributed by atoms with Crippen LogP contribution in [0.2, 0.25) is 0 Å². The minimum atomic E-state index is -0.600. The van der Waals surface area contributed by atoms with E-state index in [1.54, 1.807) is 49.0 Å². The van der Waals surface area contributed by atoms with Crippen LogP contribution in [0.1, 0.15) is 30.6 Å². The summed E-state index contributed by atoms with van der Waals surface area (Å²) in [6.45, 7) is 2.49. The number of aromatic nitrogens is 1. The third kappa shape index (κ3) is 4.80. The second kappa shape index (κ2) is 9.10. The number of aromatic hydroxyl groups is 1. The zero-order valence-corrected chi connectivity index (χ0v) is 17.1. The number of hydrogen-bond donors (Lipinski definition) is 2. The fraction of sp³-hybridized carbons (Fsp3) is 0.235. The van der Waals surface area contributed by atoms with Crippen molar-refractivity contribution >= 4 is 52.0 Å². The maximum Gasteiger partial charge on any atom is 0.274 e. The molecule has 2 rings (SSSR count). The number of methoxy groups -OCH3 is 1. The highest BCUT2D eigenvalue weighted by atomic mass is 127. The quantitative estimate of drug-likeness (QED) is 0.270. The molecule has 0 aliphatic carbocycles. The van der Waals surface area contributed by atoms with Gasteiger partial charge < -0.3 is 15.2 Å². The van der Waals surface area contributed by atoms with Crippen molar-refractivity contribution in [3.05, 3.63) is 55.6 Å². The normalized spacial score (nSPS) is 11.0. The number of halogens is 1. The molecule has 0 radical (unpaired) electrons. The van der Waals surface area contributed by atoms with E-state index in [4.69, 9.17) is 4.74 Å². The van der Waals surface area contributed by atoms with Gasteiger partial charge in [-0.2, -0.15) is 0 Å². The van der Waals surface area contributed by atoms with Gasteiger partial charge in [-0.3, -0.25) is 17.2 Å². The molecule has 0 spiro atoms. The molecular weight excluding hydrogens is 471 g/mol. The number of carbonyl (C=O) groups excluding carboxylic acids is 2. The van der Waals surface area contributed by atoms with Crippen molar-refractivity contribution in [3.63, 3.8) is 0 Å². The van der Waals surface area contributed by atoms with Gasteiger partial charge in [-0.25, -0.2) is 0 Å². The average Bonchev–Trinajstić information content (AvgIpc) is 3.07. The summed E-state index contributed by atoms with van der Waals surface area (Å²) >= 11 is 2.99. The first-order valence-corrected chi connectivity index (χ1v) is 9.34. The molecule has 138 valence electrons. The number of allylic oxidation sites excluding steroid dienone is 1. The summed E-state index contributed by atoms with van der Waals surface area (Å²) in [5, 5.41) is 12.6. The zero-order chi connectivity index (χ0) is 19.3. The van der Waals surface area contributed by atoms with Crippen molar-refractivity contribution in [2.24, 2.45) is 0 Å². The van der Waals surface area contributed by atoms with Gasteiger partial charge in [0.25, 0.3) is 11.5 Å². The van der Waals surface area contributed by atoms with Gasteiger partial charge in [-0.05, 0) is 31.2 Å². The minimum Gasteiger partial charge on any atom is -0.507 e. The van der Waals surface area contributed by atoms with Crippen LogP contribution in [0.4, 0.5) is 0 Å². The Hall–Kier alpha value is -1.98. The molecule has 0 aromatic carbocycles. The van der Waals surface area contributed by atoms with Gasteiger partial charge in [-0.1, -0.05) is 0 Å². The molecule has 0 bridgehead atoms. The van der Waals surface area contributed by atoms with Crippen molar-refractivity contribution in [2.45, 2.75) is 6.92 Å². The number of hydrogen-bond acceptors (Lipinski definition) is 6. The molecule has 0 fully saturated rings. The molecule has 0 atom stereocenters. The van der Waals surface area contributed by atoms with Gasteiger partial charge in [0.15, 0.2) is 5.78 Å². The molecule has 26 heavy (non-hydrogen) atoms. The number of thiophene rings is 1. The number of ether oxygens (including phenoxy) is 1. The third-order valence-corrected chi connectivity index (χ3v) is 5.64. The zero-order valence-electron chi connectivity index (χ0n) is 14.1. The Morgan fingerprint density at radius 2 is 2.15 bits per heavy atom. The lowest BCUT2D eigenvalue weighted by molar-refractivity contribution is 0.0940. The van der Waals surface area contributed by atoms with E-state index in [2.05, 4.69) is 5.32 Å². The molecule has 0 saturated carbocycles. The Balaban J connectivity index is 2.14. The lowest BCUT2D eigenvalue weighted by Gasteiger charge is -2.05. The molecule has 0 aliphatic rings. The van der Waals surface area contributed by atoms with Gasteiger partial charge in [-0.15, -0.1) is 11.3 Å². The van der Waals surface area contributed by atoms with Crippen LogP contribution in [0.25, 0.3) is 6.08 Å². The van der Waals surface area contributed by atoms with E-state index in [1.807, 2.05) is 0 Å². The SMILES string of the molecule is COCCNC(=O)c1ccc(/C=C/C(=O)c2c(O)cc(C)n(I)c2=O)s1. The Bertz CT molecular complexity index is 916. The van der Waals surface area contributed by atoms with E-state index in [1.165, 1.54) is 32.3 Å². The first-order valence-electron chi connectivity index (χ1n) is 7.56. The smallest absolute Gasteiger partial charge is 0.274 e. The Kier molecular flexibility index (Phi) is 7.12. The van der Waals surface area contributed by atoms with Crippen LogP contribution in [0.5, 0.6) is 5.75 Å². The van der Waals surface area contributed by atoms with Gasteiger partial charge in [0, 0.05) is 30.3 Å². The molecule has 2 aromatic rings. The van der Waals surface area contributed by atoms with Crippen LogP contribution in [0, 0.1) is 6.92 Å². The second-order valence-corrected chi connectivity index (χ2v) is 7.36. The maximum absolute atomic E-state index is 12.3. The molecule has 0 unspecified atom stereocenters. The van der Waals surface area contributed by atoms with E-state index in [0.717, 1.165) is 0 Å². The minimum absolute atomic E-state index is 0.220. The van der Waals surface area contributed by atoms with Crippen LogP contribution in [0.3, 0.4) is 0 Å². The van der Waals surface area contributed by atoms with Crippen molar-refractivity contribution in [2.75, 3.05) is 20.3 Å². The maximum atomic E-state index is 12.3. The molecule has 9 heteroatoms. The number of aryl methyl sites for hydroxylation is 1. The number of nitrogens with one attached hydrogen (secondary N) is 1. The first-order chi connectivity index (χ1) is 12.3. The van der Waals surface area contributed by atoms with E-state index < -0.39 is 11.3 Å². The highest BCUT2D eigenvalue weighted by Gasteiger charge is 2.17. The first kappa shape index (κ1) is 20.3. The molecule has 2 heterocycles. The molecule has 7 nitrogen and oxygen atoms in total. The van der Waals surface area contributed by atoms with Gasteiger partial charge in [0.05, 0.1) is 34.3 Å². The number of rotatable bonds is 7. The Morgan fingerprint density at radius 1 is 1.42 bits per heavy atom. The number of carbonyl (C=O) groups is 2. The van der Waals surface area contributed by atoms with E-state index in [0.29, 0.717) is 28.6 Å². The second-order valence-electron chi connectivity index (χ2n) is 5.28. The Morgan fingerprint density at radius 3 is 2.85 bits per heavy atom. The van der Waals surface area contributed by atoms with Gasteiger partial charge in [0.2, 0.25) is 0 Å². The Labute approximate surface area is 167 Å². The summed E-state index contributed by atoms with van der Waals surface area (Å²) in [6.07, 6.45) is 2.72. The number of amides is 1. The summed E-state index contributed by atoms with van der Waals surface area (Å²) in [5.74, 6) is -1.17. The third-order valence-electron chi connectivity index (χ3n) is 3.39. The number of pyridine rings is 1. The molecule has 0 aliphatic heterocycles. The fourth-order valence-corrected chi connectivity index (χ4v) is 3.29. The predicted octanol–water partition coefficient (Wildman–Crippen LogP) is 2.39. The highest BCUT2D eigenvalue weighted by Crippen LogP contribution is 2.20. The highest BCUT2D eigenvalue weighted by molar-refractivity contribution is 14.1. The van der Waals surface area contributed by atoms with Crippen molar-refractivity contribution in [3.8, 4) is 5.75 Å². The van der Waals surface area contributed by atoms with Crippen LogP contribution in [-0.4, -0.2) is 39.8 Å². The van der Waals surface area contributed by atoms with E-state index >= 15 is 0 Å². The summed E-state index contributed by atoms with van der Waals surface area (Å²) in [7, 11) is 1.55. The van der Waals surface area contributed by atoms with Gasteiger partial charge in [0.1, 0.15) is 11.3 Å². The topological polar surface area (TPSA) is 97.6 Å². The van der Waals surface area contributed by atoms with Crippen molar-refractivity contribution < 1.29 is 19.4 Å². The predicted molar refractivity (Wildman–Crippen MR) is 108 cm³/mol. The fourth-order valence-electron chi connectivity index (χ4n) is 2.09. The summed E-state index contributed by atoms with van der Waals surface area (Å²) < 4.78 is 6.14. The summed E-state index contributed by atoms with van der Waals surface area (Å²) in [6, 6.07) is 4.71. The standard InChI is InChI=1S/C17H17IN2O5S/c1-10-9-13(22)15(17(24)20(10)18)12(21)5-3-11-4-6-14(26-11)16(23)19-7-8-25-2/h3-6,9,22H,7-8H2,1-2H3,(H,19,23)/b5-3+. The molecule has 0 saturated heterocycles. The molecular formula is C17H17IN2O5S. The number of ketones is 1. The largest absolute Gasteiger partial charge is 0.507 e. The number of nitrogens with zero attached hydrogens (tertiary/aromatic N) is 1. The van der Waals surface area contributed by atoms with Crippen LogP contribution in [0.15, 0.2) is 29.1 Å². The average molecular weight is 488 g/mol. The molecule has 2 N–H and O–H groups in total. The van der Waals surface area contributed by atoms with Crippen LogP contribution < -0.4 is 10.9 Å². The molecule has 2 aromatic heterocycles. The summed E-state index contributed by atoms with van der Waals surface area (Å²) in [4.78, 5) is 37.6. The summed E-state index contributed by atoms with van der Waals surface area (Å²) in [5.41, 5.74) is -0.312. The van der Waals surface area contributed by atoms with Crippen molar-refractivity contribution in [1.82, 2.24) is 8.10 Å². The van der Waals surface area contributed by atoms with Crippen LogP contribution >= 0.6 is 34.2 Å². The van der Waals surface area contributed by atoms with Crippen molar-refractivity contribution in [1.29, 1.82) is 0 Å². The monoisotopic (exact) mass is 488 g/mol. The molecule has 1 amide bonds. The van der Waals surface area contributed by atoms with E-state index in [-0.39, 0.29) is 17.2 Å². The lowest BCUT2D eigenvalue weighted by Crippen LogP contribution is -2.26. The van der Waals surface area contributed by atoms with Crippen LogP contribution in [-0.2, 0) is 4.74 Å². The van der Waals surface area contributed by atoms with E-state index in [9.17, 15) is 19.5 Å². The lowest BCUT2D eigenvalue weighted by atomic mass is 10.1.